The number of carboxylic acid groups (broad SMARTS) is 1. The fourth-order valence-electron chi connectivity index (χ4n) is 4.84. The highest BCUT2D eigenvalue weighted by molar-refractivity contribution is 5.85. The minimum Gasteiger partial charge on any atom is -0.491 e. The quantitative estimate of drug-likeness (QED) is 0.495. The number of carboxylic acids is 1. The van der Waals surface area contributed by atoms with E-state index in [1.165, 1.54) is 24.3 Å². The van der Waals surface area contributed by atoms with Gasteiger partial charge in [0.25, 0.3) is 0 Å². The Hall–Kier alpha value is -2.97. The molecule has 0 amide bonds. The van der Waals surface area contributed by atoms with Gasteiger partial charge in [-0.15, -0.1) is 0 Å². The van der Waals surface area contributed by atoms with Crippen LogP contribution in [-0.2, 0) is 11.2 Å². The first-order valence-electron chi connectivity index (χ1n) is 11.0. The standard InChI is InChI=1S/C25H28F2N2O4/c1-13(25(31)32)12-29-14(2)10-18-17-11-16(26)4-6-20(17)28-23(18)24(29)22-15(3)21(33-9-8-30)7-5-19(22)27/h4-7,11,13-14,24,28,30H,8-10,12H2,1-3H3,(H,31,32)/t13-,14-,24-/m1/s1. The van der Waals surface area contributed by atoms with Crippen molar-refractivity contribution in [2.75, 3.05) is 19.8 Å². The molecule has 1 aliphatic rings. The molecule has 0 saturated heterocycles. The number of rotatable bonds is 7. The Morgan fingerprint density at radius 3 is 2.76 bits per heavy atom. The van der Waals surface area contributed by atoms with Gasteiger partial charge in [0.2, 0.25) is 0 Å². The van der Waals surface area contributed by atoms with E-state index in [0.29, 0.717) is 23.3 Å². The highest BCUT2D eigenvalue weighted by Gasteiger charge is 2.39. The van der Waals surface area contributed by atoms with Crippen molar-refractivity contribution < 1.29 is 28.5 Å². The van der Waals surface area contributed by atoms with Gasteiger partial charge in [0.1, 0.15) is 24.0 Å². The number of nitrogens with zero attached hydrogens (tertiary/aromatic N) is 1. The summed E-state index contributed by atoms with van der Waals surface area (Å²) in [6.07, 6.45) is 0.572. The van der Waals surface area contributed by atoms with Gasteiger partial charge in [-0.3, -0.25) is 9.69 Å². The molecule has 0 unspecified atom stereocenters. The van der Waals surface area contributed by atoms with E-state index in [-0.39, 0.29) is 31.6 Å². The van der Waals surface area contributed by atoms with Gasteiger partial charge in [-0.1, -0.05) is 6.92 Å². The minimum absolute atomic E-state index is 0.0731. The number of hydrogen-bond acceptors (Lipinski definition) is 4. The van der Waals surface area contributed by atoms with Gasteiger partial charge in [-0.25, -0.2) is 8.78 Å². The van der Waals surface area contributed by atoms with E-state index in [0.717, 1.165) is 22.2 Å². The monoisotopic (exact) mass is 458 g/mol. The molecule has 3 N–H and O–H groups in total. The van der Waals surface area contributed by atoms with Crippen LogP contribution >= 0.6 is 0 Å². The molecule has 6 nitrogen and oxygen atoms in total. The largest absolute Gasteiger partial charge is 0.491 e. The lowest BCUT2D eigenvalue weighted by atomic mass is 9.85. The summed E-state index contributed by atoms with van der Waals surface area (Å²) in [6, 6.07) is 6.65. The van der Waals surface area contributed by atoms with E-state index >= 15 is 4.39 Å². The van der Waals surface area contributed by atoms with Gasteiger partial charge in [-0.05, 0) is 61.7 Å². The average Bonchev–Trinajstić information content (AvgIpc) is 3.12. The Labute approximate surface area is 190 Å². The van der Waals surface area contributed by atoms with Crippen LogP contribution in [0.1, 0.15) is 42.3 Å². The van der Waals surface area contributed by atoms with Crippen LogP contribution in [0.5, 0.6) is 5.75 Å². The lowest BCUT2D eigenvalue weighted by Crippen LogP contribution is -2.46. The molecule has 0 spiro atoms. The third kappa shape index (κ3) is 4.20. The molecular formula is C25H28F2N2O4. The maximum atomic E-state index is 15.4. The smallest absolute Gasteiger partial charge is 0.307 e. The SMILES string of the molecule is Cc1c(OCCO)ccc(F)c1[C@@H]1c2[nH]c3ccc(F)cc3c2C[C@@H](C)N1C[C@@H](C)C(=O)O. The van der Waals surface area contributed by atoms with Gasteiger partial charge in [0.15, 0.2) is 0 Å². The zero-order valence-corrected chi connectivity index (χ0v) is 18.9. The number of aliphatic carboxylic acids is 1. The molecule has 0 aliphatic carbocycles. The first-order valence-corrected chi connectivity index (χ1v) is 11.0. The lowest BCUT2D eigenvalue weighted by molar-refractivity contribution is -0.142. The predicted molar refractivity (Wildman–Crippen MR) is 120 cm³/mol. The zero-order chi connectivity index (χ0) is 23.9. The molecule has 33 heavy (non-hydrogen) atoms. The summed E-state index contributed by atoms with van der Waals surface area (Å²) in [7, 11) is 0. The molecule has 2 aromatic carbocycles. The number of aliphatic hydroxyl groups is 1. The number of H-pyrrole nitrogens is 1. The number of benzene rings is 2. The molecule has 2 heterocycles. The van der Waals surface area contributed by atoms with Crippen LogP contribution in [0.25, 0.3) is 10.9 Å². The Morgan fingerprint density at radius 1 is 1.30 bits per heavy atom. The third-order valence-corrected chi connectivity index (χ3v) is 6.51. The molecule has 3 atom stereocenters. The predicted octanol–water partition coefficient (Wildman–Crippen LogP) is 4.18. The summed E-state index contributed by atoms with van der Waals surface area (Å²) in [6.45, 7) is 5.47. The number of ether oxygens (including phenoxy) is 1. The highest BCUT2D eigenvalue weighted by atomic mass is 19.1. The highest BCUT2D eigenvalue weighted by Crippen LogP contribution is 2.44. The molecule has 0 bridgehead atoms. The topological polar surface area (TPSA) is 85.8 Å². The lowest BCUT2D eigenvalue weighted by Gasteiger charge is -2.42. The Morgan fingerprint density at radius 2 is 2.06 bits per heavy atom. The second-order valence-electron chi connectivity index (χ2n) is 8.76. The molecular weight excluding hydrogens is 430 g/mol. The molecule has 176 valence electrons. The van der Waals surface area contributed by atoms with Crippen molar-refractivity contribution in [1.29, 1.82) is 0 Å². The minimum atomic E-state index is -0.928. The van der Waals surface area contributed by atoms with Crippen molar-refractivity contribution in [3.05, 3.63) is 64.4 Å². The van der Waals surface area contributed by atoms with Crippen molar-refractivity contribution in [2.24, 2.45) is 5.92 Å². The number of hydrogen-bond donors (Lipinski definition) is 3. The summed E-state index contributed by atoms with van der Waals surface area (Å²) < 4.78 is 35.1. The Bertz CT molecular complexity index is 1190. The summed E-state index contributed by atoms with van der Waals surface area (Å²) in [5.41, 5.74) is 3.33. The van der Waals surface area contributed by atoms with Crippen LogP contribution in [0.15, 0.2) is 30.3 Å². The molecule has 4 rings (SSSR count). The van der Waals surface area contributed by atoms with E-state index < -0.39 is 23.7 Å². The molecule has 3 aromatic rings. The maximum Gasteiger partial charge on any atom is 0.307 e. The van der Waals surface area contributed by atoms with Crippen LogP contribution < -0.4 is 4.74 Å². The molecule has 0 fully saturated rings. The number of aromatic nitrogens is 1. The van der Waals surface area contributed by atoms with E-state index in [2.05, 4.69) is 4.98 Å². The van der Waals surface area contributed by atoms with Crippen LogP contribution in [0.4, 0.5) is 8.78 Å². The van der Waals surface area contributed by atoms with E-state index in [4.69, 9.17) is 9.84 Å². The van der Waals surface area contributed by atoms with Gasteiger partial charge >= 0.3 is 5.97 Å². The summed E-state index contributed by atoms with van der Waals surface area (Å²) in [5, 5.41) is 19.5. The van der Waals surface area contributed by atoms with Gasteiger partial charge in [-0.2, -0.15) is 0 Å². The molecule has 1 aromatic heterocycles. The summed E-state index contributed by atoms with van der Waals surface area (Å²) >= 11 is 0. The van der Waals surface area contributed by atoms with Crippen LogP contribution in [0.2, 0.25) is 0 Å². The first-order chi connectivity index (χ1) is 15.7. The molecule has 1 aliphatic heterocycles. The third-order valence-electron chi connectivity index (χ3n) is 6.51. The second kappa shape index (κ2) is 9.11. The maximum absolute atomic E-state index is 15.4. The fourth-order valence-corrected chi connectivity index (χ4v) is 4.84. The van der Waals surface area contributed by atoms with Crippen molar-refractivity contribution in [3.63, 3.8) is 0 Å². The van der Waals surface area contributed by atoms with Crippen molar-refractivity contribution in [3.8, 4) is 5.75 Å². The number of fused-ring (bicyclic) bond motifs is 3. The van der Waals surface area contributed by atoms with E-state index in [9.17, 15) is 14.3 Å². The van der Waals surface area contributed by atoms with Crippen LogP contribution in [0.3, 0.4) is 0 Å². The summed E-state index contributed by atoms with van der Waals surface area (Å²) in [5.74, 6) is -1.93. The number of carbonyl (C=O) groups is 1. The number of halogens is 2. The van der Waals surface area contributed by atoms with Crippen molar-refractivity contribution in [2.45, 2.75) is 39.3 Å². The van der Waals surface area contributed by atoms with Crippen LogP contribution in [0, 0.1) is 24.5 Å². The second-order valence-corrected chi connectivity index (χ2v) is 8.76. The number of aromatic amines is 1. The average molecular weight is 459 g/mol. The first kappa shape index (κ1) is 23.2. The van der Waals surface area contributed by atoms with E-state index in [1.54, 1.807) is 19.9 Å². The molecule has 0 radical (unpaired) electrons. The van der Waals surface area contributed by atoms with Gasteiger partial charge < -0.3 is 19.9 Å². The number of nitrogens with one attached hydrogen (secondary N) is 1. The van der Waals surface area contributed by atoms with Crippen molar-refractivity contribution in [1.82, 2.24) is 9.88 Å². The van der Waals surface area contributed by atoms with Gasteiger partial charge in [0, 0.05) is 34.7 Å². The molecule has 8 heteroatoms. The Balaban J connectivity index is 1.94. The zero-order valence-electron chi connectivity index (χ0n) is 18.9. The van der Waals surface area contributed by atoms with E-state index in [1.807, 2.05) is 11.8 Å². The van der Waals surface area contributed by atoms with Crippen molar-refractivity contribution >= 4 is 16.9 Å². The normalized spacial score (nSPS) is 19.5. The van der Waals surface area contributed by atoms with Gasteiger partial charge in [0.05, 0.1) is 18.6 Å². The number of aliphatic hydroxyl groups excluding tert-OH is 1. The molecule has 0 saturated carbocycles. The summed E-state index contributed by atoms with van der Waals surface area (Å²) in [4.78, 5) is 17.0. The van der Waals surface area contributed by atoms with Crippen LogP contribution in [-0.4, -0.2) is 51.9 Å². The Kier molecular flexibility index (Phi) is 6.41. The fraction of sp³-hybridized carbons (Fsp3) is 0.400.